The molecule has 0 saturated heterocycles. The van der Waals surface area contributed by atoms with Gasteiger partial charge in [-0.3, -0.25) is 9.48 Å². The number of nitrogens with zero attached hydrogens (tertiary/aromatic N) is 2. The van der Waals surface area contributed by atoms with Crippen LogP contribution in [-0.4, -0.2) is 21.1 Å². The molecule has 0 bridgehead atoms. The molecule has 0 radical (unpaired) electrons. The first-order valence-corrected chi connectivity index (χ1v) is 4.68. The van der Waals surface area contributed by atoms with Crippen molar-refractivity contribution in [2.24, 2.45) is 12.8 Å². The van der Waals surface area contributed by atoms with Crippen LogP contribution in [0, 0.1) is 0 Å². The topological polar surface area (TPSA) is 60.9 Å². The summed E-state index contributed by atoms with van der Waals surface area (Å²) >= 11 is 5.82. The molecule has 0 aliphatic heterocycles. The van der Waals surface area contributed by atoms with Crippen molar-refractivity contribution in [3.8, 4) is 0 Å². The molecule has 0 atom stereocenters. The maximum Gasteiger partial charge on any atom is 0.184 e. The minimum Gasteiger partial charge on any atom is -0.325 e. The normalized spacial score (nSPS) is 11.8. The third-order valence-corrected chi connectivity index (χ3v) is 2.05. The molecule has 5 heteroatoms. The van der Waals surface area contributed by atoms with Gasteiger partial charge in [0.1, 0.15) is 5.69 Å². The molecule has 0 aliphatic carbocycles. The average Bonchev–Trinajstić information content (AvgIpc) is 2.27. The third kappa shape index (κ3) is 2.56. The van der Waals surface area contributed by atoms with Crippen molar-refractivity contribution in [2.75, 3.05) is 0 Å². The van der Waals surface area contributed by atoms with E-state index in [9.17, 15) is 4.79 Å². The fourth-order valence-electron chi connectivity index (χ4n) is 1.22. The molecule has 78 valence electrons. The number of rotatable bonds is 3. The van der Waals surface area contributed by atoms with E-state index < -0.39 is 5.54 Å². The van der Waals surface area contributed by atoms with Crippen LogP contribution in [0.25, 0.3) is 0 Å². The molecule has 4 nitrogen and oxygen atoms in total. The molecular formula is C9H14ClN3O. The number of halogens is 1. The number of aryl methyl sites for hydroxylation is 1. The third-order valence-electron chi connectivity index (χ3n) is 1.77. The summed E-state index contributed by atoms with van der Waals surface area (Å²) in [6.45, 7) is 3.60. The number of carbonyl (C=O) groups excluding carboxylic acids is 1. The summed E-state index contributed by atoms with van der Waals surface area (Å²) in [6, 6.07) is 0. The lowest BCUT2D eigenvalue weighted by Gasteiger charge is -2.16. The maximum absolute atomic E-state index is 11.7. The van der Waals surface area contributed by atoms with Crippen molar-refractivity contribution >= 4 is 17.4 Å². The van der Waals surface area contributed by atoms with Crippen LogP contribution in [0.2, 0.25) is 5.02 Å². The van der Waals surface area contributed by atoms with E-state index in [-0.39, 0.29) is 12.2 Å². The van der Waals surface area contributed by atoms with E-state index in [0.717, 1.165) is 0 Å². The first-order chi connectivity index (χ1) is 6.31. The summed E-state index contributed by atoms with van der Waals surface area (Å²) in [4.78, 5) is 11.7. The second-order valence-corrected chi connectivity index (χ2v) is 4.46. The predicted molar refractivity (Wildman–Crippen MR) is 55.4 cm³/mol. The standard InChI is InChI=1S/C9H14ClN3O/c1-9(2,11)4-7(14)8-6(10)5-12-13(8)3/h5H,4,11H2,1-3H3. The molecule has 1 aromatic heterocycles. The number of hydrogen-bond acceptors (Lipinski definition) is 3. The molecule has 0 aliphatic rings. The minimum atomic E-state index is -0.523. The number of carbonyl (C=O) groups is 1. The Morgan fingerprint density at radius 2 is 2.29 bits per heavy atom. The highest BCUT2D eigenvalue weighted by Crippen LogP contribution is 2.18. The molecule has 2 N–H and O–H groups in total. The average molecular weight is 216 g/mol. The van der Waals surface area contributed by atoms with Crippen molar-refractivity contribution in [1.82, 2.24) is 9.78 Å². The van der Waals surface area contributed by atoms with Gasteiger partial charge in [-0.25, -0.2) is 0 Å². The number of ketones is 1. The second kappa shape index (κ2) is 3.71. The van der Waals surface area contributed by atoms with Gasteiger partial charge in [0.25, 0.3) is 0 Å². The van der Waals surface area contributed by atoms with Gasteiger partial charge in [0.05, 0.1) is 11.2 Å². The van der Waals surface area contributed by atoms with Crippen LogP contribution >= 0.6 is 11.6 Å². The Bertz CT molecular complexity index is 332. The largest absolute Gasteiger partial charge is 0.325 e. The van der Waals surface area contributed by atoms with E-state index in [0.29, 0.717) is 10.7 Å². The molecule has 1 rings (SSSR count). The molecule has 14 heavy (non-hydrogen) atoms. The van der Waals surface area contributed by atoms with Crippen LogP contribution in [0.5, 0.6) is 0 Å². The SMILES string of the molecule is Cn1ncc(Cl)c1C(=O)CC(C)(C)N. The van der Waals surface area contributed by atoms with Gasteiger partial charge in [0, 0.05) is 19.0 Å². The summed E-state index contributed by atoms with van der Waals surface area (Å²) < 4.78 is 1.47. The zero-order valence-electron chi connectivity index (χ0n) is 8.54. The van der Waals surface area contributed by atoms with Gasteiger partial charge in [0.15, 0.2) is 5.78 Å². The van der Waals surface area contributed by atoms with Crippen LogP contribution in [0.1, 0.15) is 30.8 Å². The number of aromatic nitrogens is 2. The predicted octanol–water partition coefficient (Wildman–Crippen LogP) is 1.38. The van der Waals surface area contributed by atoms with Crippen LogP contribution in [0.4, 0.5) is 0 Å². The Kier molecular flexibility index (Phi) is 2.97. The molecule has 1 heterocycles. The minimum absolute atomic E-state index is 0.0810. The Morgan fingerprint density at radius 1 is 1.71 bits per heavy atom. The maximum atomic E-state index is 11.7. The Labute approximate surface area is 88.0 Å². The van der Waals surface area contributed by atoms with Crippen LogP contribution in [-0.2, 0) is 7.05 Å². The molecule has 1 aromatic rings. The molecule has 0 unspecified atom stereocenters. The molecule has 0 aromatic carbocycles. The van der Waals surface area contributed by atoms with Gasteiger partial charge < -0.3 is 5.73 Å². The van der Waals surface area contributed by atoms with Gasteiger partial charge in [-0.1, -0.05) is 11.6 Å². The van der Waals surface area contributed by atoms with Gasteiger partial charge in [0.2, 0.25) is 0 Å². The lowest BCUT2D eigenvalue weighted by Crippen LogP contribution is -2.35. The lowest BCUT2D eigenvalue weighted by atomic mass is 9.98. The molecule has 0 fully saturated rings. The van der Waals surface area contributed by atoms with E-state index in [2.05, 4.69) is 5.10 Å². The fraction of sp³-hybridized carbons (Fsp3) is 0.556. The summed E-state index contributed by atoms with van der Waals surface area (Å²) in [6.07, 6.45) is 1.71. The summed E-state index contributed by atoms with van der Waals surface area (Å²) in [7, 11) is 1.68. The lowest BCUT2D eigenvalue weighted by molar-refractivity contribution is 0.0951. The highest BCUT2D eigenvalue weighted by Gasteiger charge is 2.22. The summed E-state index contributed by atoms with van der Waals surface area (Å²) in [5.41, 5.74) is 5.65. The Hall–Kier alpha value is -0.870. The van der Waals surface area contributed by atoms with Crippen molar-refractivity contribution in [3.05, 3.63) is 16.9 Å². The van der Waals surface area contributed by atoms with E-state index in [1.165, 1.54) is 10.9 Å². The molecular weight excluding hydrogens is 202 g/mol. The van der Waals surface area contributed by atoms with Gasteiger partial charge in [-0.15, -0.1) is 0 Å². The van der Waals surface area contributed by atoms with Gasteiger partial charge in [-0.2, -0.15) is 5.10 Å². The zero-order valence-corrected chi connectivity index (χ0v) is 9.30. The van der Waals surface area contributed by atoms with E-state index >= 15 is 0 Å². The van der Waals surface area contributed by atoms with Gasteiger partial charge >= 0.3 is 0 Å². The molecule has 0 amide bonds. The highest BCUT2D eigenvalue weighted by atomic mass is 35.5. The number of nitrogens with two attached hydrogens (primary N) is 1. The summed E-state index contributed by atoms with van der Waals surface area (Å²) in [5, 5.41) is 4.27. The number of Topliss-reactive ketones (excluding diaryl/α,β-unsaturated/α-hetero) is 1. The Morgan fingerprint density at radius 3 is 2.64 bits per heavy atom. The quantitative estimate of drug-likeness (QED) is 0.775. The van der Waals surface area contributed by atoms with Gasteiger partial charge in [-0.05, 0) is 13.8 Å². The summed E-state index contributed by atoms with van der Waals surface area (Å²) in [5.74, 6) is -0.0810. The molecule has 0 saturated carbocycles. The zero-order chi connectivity index (χ0) is 10.9. The van der Waals surface area contributed by atoms with Crippen molar-refractivity contribution in [3.63, 3.8) is 0 Å². The van der Waals surface area contributed by atoms with Crippen molar-refractivity contribution in [2.45, 2.75) is 25.8 Å². The van der Waals surface area contributed by atoms with Crippen molar-refractivity contribution in [1.29, 1.82) is 0 Å². The molecule has 0 spiro atoms. The highest BCUT2D eigenvalue weighted by molar-refractivity contribution is 6.33. The van der Waals surface area contributed by atoms with Crippen LogP contribution in [0.15, 0.2) is 6.20 Å². The monoisotopic (exact) mass is 215 g/mol. The number of hydrogen-bond donors (Lipinski definition) is 1. The van der Waals surface area contributed by atoms with Crippen molar-refractivity contribution < 1.29 is 4.79 Å². The first-order valence-electron chi connectivity index (χ1n) is 4.31. The first kappa shape index (κ1) is 11.2. The van der Waals surface area contributed by atoms with E-state index in [1.807, 2.05) is 0 Å². The Balaban J connectivity index is 2.90. The van der Waals surface area contributed by atoms with Crippen LogP contribution < -0.4 is 5.73 Å². The van der Waals surface area contributed by atoms with E-state index in [4.69, 9.17) is 17.3 Å². The van der Waals surface area contributed by atoms with Crippen LogP contribution in [0.3, 0.4) is 0 Å². The second-order valence-electron chi connectivity index (χ2n) is 4.05. The van der Waals surface area contributed by atoms with E-state index in [1.54, 1.807) is 20.9 Å². The smallest absolute Gasteiger partial charge is 0.184 e. The fourth-order valence-corrected chi connectivity index (χ4v) is 1.49.